The van der Waals surface area contributed by atoms with E-state index in [2.05, 4.69) is 16.8 Å². The summed E-state index contributed by atoms with van der Waals surface area (Å²) in [6, 6.07) is 12.7. The van der Waals surface area contributed by atoms with Gasteiger partial charge < -0.3 is 14.2 Å². The Hall–Kier alpha value is -3.68. The zero-order valence-corrected chi connectivity index (χ0v) is 15.3. The van der Waals surface area contributed by atoms with Crippen LogP contribution in [0.4, 0.5) is 4.79 Å². The quantitative estimate of drug-likeness (QED) is 0.268. The Morgan fingerprint density at radius 1 is 1.07 bits per heavy atom. The molecule has 2 aromatic carbocycles. The molecule has 3 aromatic rings. The highest BCUT2D eigenvalue weighted by Gasteiger charge is 2.15. The third-order valence-corrected chi connectivity index (χ3v) is 3.73. The average molecular weight is 381 g/mol. The van der Waals surface area contributed by atoms with E-state index < -0.39 is 12.1 Å². The molecule has 0 radical (unpaired) electrons. The largest absolute Gasteiger partial charge is 0.513 e. The molecular weight excluding hydrogens is 362 g/mol. The Morgan fingerprint density at radius 3 is 2.43 bits per heavy atom. The van der Waals surface area contributed by atoms with Crippen LogP contribution < -0.4 is 4.74 Å². The lowest BCUT2D eigenvalue weighted by Gasteiger charge is -2.10. The van der Waals surface area contributed by atoms with Crippen LogP contribution in [0.5, 0.6) is 5.75 Å². The highest BCUT2D eigenvalue weighted by Crippen LogP contribution is 2.24. The van der Waals surface area contributed by atoms with Crippen molar-refractivity contribution in [2.24, 2.45) is 0 Å². The SMILES string of the molecule is C=CC(=O)OCCCOC(=O)Oc1ccc(C)cc1-n1nc2ccccc2n1. The smallest absolute Gasteiger partial charge is 0.462 e. The van der Waals surface area contributed by atoms with Gasteiger partial charge in [0.2, 0.25) is 0 Å². The van der Waals surface area contributed by atoms with E-state index in [0.717, 1.165) is 22.7 Å². The molecule has 0 spiro atoms. The fourth-order valence-corrected chi connectivity index (χ4v) is 2.40. The third kappa shape index (κ3) is 4.73. The van der Waals surface area contributed by atoms with Crippen LogP contribution in [-0.2, 0) is 14.3 Å². The maximum atomic E-state index is 12.0. The van der Waals surface area contributed by atoms with Crippen molar-refractivity contribution in [3.8, 4) is 11.4 Å². The van der Waals surface area contributed by atoms with Crippen molar-refractivity contribution in [3.05, 3.63) is 60.7 Å². The van der Waals surface area contributed by atoms with Gasteiger partial charge in [0.1, 0.15) is 16.7 Å². The van der Waals surface area contributed by atoms with Gasteiger partial charge in [-0.05, 0) is 36.8 Å². The molecule has 0 saturated carbocycles. The maximum absolute atomic E-state index is 12.0. The summed E-state index contributed by atoms with van der Waals surface area (Å²) >= 11 is 0. The number of hydrogen-bond donors (Lipinski definition) is 0. The van der Waals surface area contributed by atoms with Crippen LogP contribution in [-0.4, -0.2) is 40.3 Å². The number of carbonyl (C=O) groups excluding carboxylic acids is 2. The van der Waals surface area contributed by atoms with Crippen LogP contribution in [0.3, 0.4) is 0 Å². The molecule has 0 aliphatic rings. The van der Waals surface area contributed by atoms with Crippen LogP contribution in [0.15, 0.2) is 55.1 Å². The molecule has 0 aliphatic heterocycles. The highest BCUT2D eigenvalue weighted by molar-refractivity contribution is 5.81. The molecule has 0 N–H and O–H groups in total. The molecule has 28 heavy (non-hydrogen) atoms. The molecule has 1 heterocycles. The number of aryl methyl sites for hydroxylation is 1. The van der Waals surface area contributed by atoms with Gasteiger partial charge in [0.05, 0.1) is 13.2 Å². The van der Waals surface area contributed by atoms with Gasteiger partial charge in [0.15, 0.2) is 5.75 Å². The zero-order valence-electron chi connectivity index (χ0n) is 15.3. The second kappa shape index (κ2) is 8.81. The molecular formula is C20H19N3O5. The Labute approximate surface area is 161 Å². The van der Waals surface area contributed by atoms with Crippen molar-refractivity contribution in [1.82, 2.24) is 15.0 Å². The van der Waals surface area contributed by atoms with Gasteiger partial charge in [0.25, 0.3) is 0 Å². The minimum absolute atomic E-state index is 0.0500. The summed E-state index contributed by atoms with van der Waals surface area (Å²) in [6.07, 6.45) is 0.555. The Bertz CT molecular complexity index is 979. The van der Waals surface area contributed by atoms with Gasteiger partial charge in [-0.2, -0.15) is 0 Å². The molecule has 0 fully saturated rings. The predicted molar refractivity (Wildman–Crippen MR) is 101 cm³/mol. The Kier molecular flexibility index (Phi) is 6.01. The molecule has 3 rings (SSSR count). The summed E-state index contributed by atoms with van der Waals surface area (Å²) < 4.78 is 15.1. The first-order valence-electron chi connectivity index (χ1n) is 8.64. The number of hydrogen-bond acceptors (Lipinski definition) is 7. The van der Waals surface area contributed by atoms with Crippen molar-refractivity contribution < 1.29 is 23.8 Å². The molecule has 0 saturated heterocycles. The van der Waals surface area contributed by atoms with E-state index in [0.29, 0.717) is 12.1 Å². The van der Waals surface area contributed by atoms with Gasteiger partial charge >= 0.3 is 12.1 Å². The van der Waals surface area contributed by atoms with E-state index in [1.165, 1.54) is 4.80 Å². The molecule has 144 valence electrons. The summed E-state index contributed by atoms with van der Waals surface area (Å²) in [5.74, 6) is -0.250. The number of rotatable bonds is 7. The molecule has 0 unspecified atom stereocenters. The molecule has 0 amide bonds. The molecule has 0 bridgehead atoms. The van der Waals surface area contributed by atoms with Crippen LogP contribution in [0, 0.1) is 6.92 Å². The predicted octanol–water partition coefficient (Wildman–Crippen LogP) is 3.36. The molecule has 0 aliphatic carbocycles. The third-order valence-electron chi connectivity index (χ3n) is 3.73. The first-order valence-corrected chi connectivity index (χ1v) is 8.64. The maximum Gasteiger partial charge on any atom is 0.513 e. The number of nitrogens with zero attached hydrogens (tertiary/aromatic N) is 3. The first-order chi connectivity index (χ1) is 13.6. The molecule has 0 atom stereocenters. The van der Waals surface area contributed by atoms with Crippen molar-refractivity contribution >= 4 is 23.2 Å². The normalized spacial score (nSPS) is 10.5. The topological polar surface area (TPSA) is 92.5 Å². The summed E-state index contributed by atoms with van der Waals surface area (Å²) in [5.41, 5.74) is 2.94. The second-order valence-electron chi connectivity index (χ2n) is 5.88. The van der Waals surface area contributed by atoms with Crippen molar-refractivity contribution in [1.29, 1.82) is 0 Å². The van der Waals surface area contributed by atoms with Gasteiger partial charge in [0, 0.05) is 12.5 Å². The summed E-state index contributed by atoms with van der Waals surface area (Å²) in [6.45, 7) is 5.38. The number of ether oxygens (including phenoxy) is 3. The summed E-state index contributed by atoms with van der Waals surface area (Å²) in [5, 5.41) is 8.84. The van der Waals surface area contributed by atoms with Crippen LogP contribution in [0.2, 0.25) is 0 Å². The fraction of sp³-hybridized carbons (Fsp3) is 0.200. The van der Waals surface area contributed by atoms with E-state index in [9.17, 15) is 9.59 Å². The first kappa shape index (κ1) is 19.1. The van der Waals surface area contributed by atoms with Crippen molar-refractivity contribution in [2.75, 3.05) is 13.2 Å². The minimum atomic E-state index is -0.864. The monoisotopic (exact) mass is 381 g/mol. The Balaban J connectivity index is 1.66. The fourth-order valence-electron chi connectivity index (χ4n) is 2.40. The molecule has 1 aromatic heterocycles. The van der Waals surface area contributed by atoms with Crippen LogP contribution in [0.25, 0.3) is 16.7 Å². The Morgan fingerprint density at radius 2 is 1.75 bits per heavy atom. The number of fused-ring (bicyclic) bond motifs is 1. The minimum Gasteiger partial charge on any atom is -0.462 e. The van der Waals surface area contributed by atoms with Crippen LogP contribution in [0.1, 0.15) is 12.0 Å². The van der Waals surface area contributed by atoms with E-state index >= 15 is 0 Å². The van der Waals surface area contributed by atoms with Gasteiger partial charge in [-0.25, -0.2) is 9.59 Å². The van der Waals surface area contributed by atoms with Crippen molar-refractivity contribution in [2.45, 2.75) is 13.3 Å². The lowest BCUT2D eigenvalue weighted by Crippen LogP contribution is -2.15. The van der Waals surface area contributed by atoms with E-state index in [1.807, 2.05) is 43.3 Å². The zero-order chi connectivity index (χ0) is 19.9. The lowest BCUT2D eigenvalue weighted by molar-refractivity contribution is -0.138. The highest BCUT2D eigenvalue weighted by atomic mass is 16.7. The summed E-state index contributed by atoms with van der Waals surface area (Å²) in [7, 11) is 0. The second-order valence-corrected chi connectivity index (χ2v) is 5.88. The number of aromatic nitrogens is 3. The van der Waals surface area contributed by atoms with E-state index in [1.54, 1.807) is 6.07 Å². The van der Waals surface area contributed by atoms with Gasteiger partial charge in [-0.3, -0.25) is 0 Å². The van der Waals surface area contributed by atoms with Gasteiger partial charge in [-0.15, -0.1) is 15.0 Å². The number of carbonyl (C=O) groups is 2. The average Bonchev–Trinajstić information content (AvgIpc) is 3.13. The summed E-state index contributed by atoms with van der Waals surface area (Å²) in [4.78, 5) is 24.3. The number of esters is 1. The lowest BCUT2D eigenvalue weighted by atomic mass is 10.2. The molecule has 8 heteroatoms. The molecule has 8 nitrogen and oxygen atoms in total. The number of benzene rings is 2. The van der Waals surface area contributed by atoms with Crippen LogP contribution >= 0.6 is 0 Å². The standard InChI is InChI=1S/C20H19N3O5/c1-3-19(24)26-11-6-12-27-20(25)28-18-10-9-14(2)13-17(18)23-21-15-7-4-5-8-16(15)22-23/h3-5,7-10,13H,1,6,11-12H2,2H3. The van der Waals surface area contributed by atoms with E-state index in [-0.39, 0.29) is 19.0 Å². The van der Waals surface area contributed by atoms with E-state index in [4.69, 9.17) is 14.2 Å². The van der Waals surface area contributed by atoms with Crippen molar-refractivity contribution in [3.63, 3.8) is 0 Å². The van der Waals surface area contributed by atoms with Gasteiger partial charge in [-0.1, -0.05) is 24.8 Å².